The minimum atomic E-state index is 0.912. The van der Waals surface area contributed by atoms with Crippen LogP contribution < -0.4 is 0 Å². The summed E-state index contributed by atoms with van der Waals surface area (Å²) in [5, 5.41) is 0. The van der Waals surface area contributed by atoms with Crippen LogP contribution in [0.1, 0.15) is 19.3 Å². The quantitative estimate of drug-likeness (QED) is 0.437. The van der Waals surface area contributed by atoms with Gasteiger partial charge in [0.05, 0.1) is 0 Å². The Morgan fingerprint density at radius 2 is 2.20 bits per heavy atom. The van der Waals surface area contributed by atoms with E-state index in [4.69, 9.17) is 6.92 Å². The molecule has 0 bridgehead atoms. The van der Waals surface area contributed by atoms with Crippen molar-refractivity contribution in [2.75, 3.05) is 0 Å². The zero-order valence-electron chi connectivity index (χ0n) is 3.28. The van der Waals surface area contributed by atoms with Gasteiger partial charge in [0, 0.05) is 0 Å². The van der Waals surface area contributed by atoms with Crippen molar-refractivity contribution >= 4 is 0 Å². The van der Waals surface area contributed by atoms with E-state index in [1.165, 1.54) is 12.8 Å². The first-order chi connectivity index (χ1) is 2.43. The summed E-state index contributed by atoms with van der Waals surface area (Å²) in [7, 11) is 0. The highest BCUT2D eigenvalue weighted by atomic mass is 14.2. The van der Waals surface area contributed by atoms with Crippen LogP contribution in [0.3, 0.4) is 0 Å². The Balaban J connectivity index is 2.00. The summed E-state index contributed by atoms with van der Waals surface area (Å²) >= 11 is 0. The first kappa shape index (κ1) is 3.20. The highest BCUT2D eigenvalue weighted by Crippen LogP contribution is 2.31. The molecule has 0 spiro atoms. The van der Waals surface area contributed by atoms with E-state index in [9.17, 15) is 0 Å². The Morgan fingerprint density at radius 1 is 1.60 bits per heavy atom. The molecule has 0 heterocycles. The molecule has 0 aromatic carbocycles. The molecule has 2 radical (unpaired) electrons. The van der Waals surface area contributed by atoms with Crippen LogP contribution in [0.25, 0.3) is 0 Å². The normalized spacial score (nSPS) is 23.4. The van der Waals surface area contributed by atoms with Crippen LogP contribution >= 0.6 is 0 Å². The average Bonchev–Trinajstić information content (AvgIpc) is 2.12. The highest BCUT2D eigenvalue weighted by molar-refractivity contribution is 4.72. The summed E-state index contributed by atoms with van der Waals surface area (Å²) in [5.74, 6) is 0.912. The minimum Gasteiger partial charge on any atom is -0.0502 e. The van der Waals surface area contributed by atoms with Gasteiger partial charge >= 0.3 is 0 Å². The Kier molecular flexibility index (Phi) is 0.640. The standard InChI is InChI=1S/C5H8/c1-2-5-3-4-5/h1,5H,2-4H2. The molecule has 0 saturated heterocycles. The van der Waals surface area contributed by atoms with Gasteiger partial charge < -0.3 is 0 Å². The predicted octanol–water partition coefficient (Wildman–Crippen LogP) is 1.50. The van der Waals surface area contributed by atoms with Gasteiger partial charge in [0.15, 0.2) is 0 Å². The molecule has 5 heavy (non-hydrogen) atoms. The molecule has 0 aromatic heterocycles. The van der Waals surface area contributed by atoms with Gasteiger partial charge in [-0.15, -0.1) is 0 Å². The SMILES string of the molecule is [CH]CC1CC1. The van der Waals surface area contributed by atoms with Crippen molar-refractivity contribution in [3.05, 3.63) is 6.92 Å². The molecule has 1 aliphatic rings. The summed E-state index contributed by atoms with van der Waals surface area (Å²) < 4.78 is 0. The lowest BCUT2D eigenvalue weighted by Crippen LogP contribution is -1.60. The van der Waals surface area contributed by atoms with E-state index >= 15 is 0 Å². The van der Waals surface area contributed by atoms with Crippen LogP contribution in [0.5, 0.6) is 0 Å². The monoisotopic (exact) mass is 68.1 g/mol. The van der Waals surface area contributed by atoms with E-state index in [0.29, 0.717) is 0 Å². The fourth-order valence-corrected chi connectivity index (χ4v) is 0.354. The molecule has 0 heteroatoms. The van der Waals surface area contributed by atoms with Crippen LogP contribution in [-0.2, 0) is 0 Å². The highest BCUT2D eigenvalue weighted by Gasteiger charge is 2.17. The van der Waals surface area contributed by atoms with Crippen LogP contribution in [0, 0.1) is 12.8 Å². The van der Waals surface area contributed by atoms with Crippen molar-refractivity contribution < 1.29 is 0 Å². The predicted molar refractivity (Wildman–Crippen MR) is 21.6 cm³/mol. The largest absolute Gasteiger partial charge is 0.0502 e. The molecular weight excluding hydrogens is 60.1 g/mol. The Morgan fingerprint density at radius 3 is 2.20 bits per heavy atom. The first-order valence-corrected chi connectivity index (χ1v) is 2.13. The number of hydrogen-bond donors (Lipinski definition) is 0. The van der Waals surface area contributed by atoms with Gasteiger partial charge in [0.2, 0.25) is 0 Å². The van der Waals surface area contributed by atoms with E-state index in [-0.39, 0.29) is 0 Å². The van der Waals surface area contributed by atoms with Gasteiger partial charge in [-0.2, -0.15) is 0 Å². The zero-order chi connectivity index (χ0) is 3.70. The maximum Gasteiger partial charge on any atom is -0.0349 e. The summed E-state index contributed by atoms with van der Waals surface area (Å²) in [4.78, 5) is 0. The van der Waals surface area contributed by atoms with E-state index in [2.05, 4.69) is 0 Å². The van der Waals surface area contributed by atoms with Gasteiger partial charge in [-0.3, -0.25) is 0 Å². The summed E-state index contributed by atoms with van der Waals surface area (Å²) in [6, 6.07) is 0. The molecule has 1 rings (SSSR count). The van der Waals surface area contributed by atoms with Crippen molar-refractivity contribution in [3.63, 3.8) is 0 Å². The third-order valence-electron chi connectivity index (χ3n) is 1.03. The summed E-state index contributed by atoms with van der Waals surface area (Å²) in [6.45, 7) is 5.23. The second kappa shape index (κ2) is 1.00. The second-order valence-corrected chi connectivity index (χ2v) is 1.68. The molecule has 0 unspecified atom stereocenters. The lowest BCUT2D eigenvalue weighted by molar-refractivity contribution is 0.860. The van der Waals surface area contributed by atoms with E-state index in [1.807, 2.05) is 0 Å². The molecule has 0 aromatic rings. The van der Waals surface area contributed by atoms with Crippen molar-refractivity contribution in [2.24, 2.45) is 5.92 Å². The molecule has 1 saturated carbocycles. The molecular formula is C5H8. The molecule has 0 aliphatic heterocycles. The van der Waals surface area contributed by atoms with Crippen molar-refractivity contribution in [2.45, 2.75) is 19.3 Å². The Labute approximate surface area is 33.2 Å². The topological polar surface area (TPSA) is 0 Å². The van der Waals surface area contributed by atoms with Crippen LogP contribution in [-0.4, -0.2) is 0 Å². The van der Waals surface area contributed by atoms with Gasteiger partial charge in [-0.05, 0) is 19.3 Å². The van der Waals surface area contributed by atoms with Crippen LogP contribution in [0.15, 0.2) is 0 Å². The third-order valence-corrected chi connectivity index (χ3v) is 1.03. The van der Waals surface area contributed by atoms with Gasteiger partial charge in [-0.25, -0.2) is 0 Å². The molecule has 0 amide bonds. The second-order valence-electron chi connectivity index (χ2n) is 1.68. The lowest BCUT2D eigenvalue weighted by Gasteiger charge is -1.72. The Bertz CT molecular complexity index is 27.0. The van der Waals surface area contributed by atoms with Crippen molar-refractivity contribution in [1.29, 1.82) is 0 Å². The number of hydrogen-bond acceptors (Lipinski definition) is 0. The van der Waals surface area contributed by atoms with Gasteiger partial charge in [0.25, 0.3) is 0 Å². The van der Waals surface area contributed by atoms with Crippen molar-refractivity contribution in [1.82, 2.24) is 0 Å². The molecule has 0 atom stereocenters. The fourth-order valence-electron chi connectivity index (χ4n) is 0.354. The average molecular weight is 68.1 g/mol. The van der Waals surface area contributed by atoms with Gasteiger partial charge in [0.1, 0.15) is 0 Å². The zero-order valence-corrected chi connectivity index (χ0v) is 3.28. The molecule has 1 aliphatic carbocycles. The molecule has 1 fully saturated rings. The van der Waals surface area contributed by atoms with E-state index in [0.717, 1.165) is 12.3 Å². The van der Waals surface area contributed by atoms with Gasteiger partial charge in [-0.1, -0.05) is 12.8 Å². The van der Waals surface area contributed by atoms with Crippen LogP contribution in [0.4, 0.5) is 0 Å². The number of rotatable bonds is 1. The lowest BCUT2D eigenvalue weighted by atomic mass is 10.3. The van der Waals surface area contributed by atoms with E-state index < -0.39 is 0 Å². The Hall–Kier alpha value is 0. The molecule has 0 nitrogen and oxygen atoms in total. The smallest absolute Gasteiger partial charge is 0.0349 e. The summed E-state index contributed by atoms with van der Waals surface area (Å²) in [5.41, 5.74) is 0. The third kappa shape index (κ3) is 0.640. The fraction of sp³-hybridized carbons (Fsp3) is 0.800. The van der Waals surface area contributed by atoms with E-state index in [1.54, 1.807) is 0 Å². The first-order valence-electron chi connectivity index (χ1n) is 2.13. The minimum absolute atomic E-state index is 0.912. The maximum atomic E-state index is 5.23. The van der Waals surface area contributed by atoms with Crippen molar-refractivity contribution in [3.8, 4) is 0 Å². The maximum absolute atomic E-state index is 5.23. The summed E-state index contributed by atoms with van der Waals surface area (Å²) in [6.07, 6.45) is 3.69. The molecule has 0 N–H and O–H groups in total. The molecule has 28 valence electrons. The van der Waals surface area contributed by atoms with Crippen LogP contribution in [0.2, 0.25) is 0 Å².